The van der Waals surface area contributed by atoms with Gasteiger partial charge in [0.2, 0.25) is 0 Å². The molecule has 0 bridgehead atoms. The quantitative estimate of drug-likeness (QED) is 0.535. The monoisotopic (exact) mass is 131 g/mol. The average Bonchev–Trinajstić information content (AvgIpc) is 1.63. The first-order valence-electron chi connectivity index (χ1n) is 2.81. The molecule has 0 N–H and O–H groups in total. The molecule has 1 radical (unpaired) electrons. The van der Waals surface area contributed by atoms with Gasteiger partial charge in [-0.05, 0) is 20.8 Å². The van der Waals surface area contributed by atoms with Crippen molar-refractivity contribution in [1.82, 2.24) is 0 Å². The third-order valence-corrected chi connectivity index (χ3v) is 0.550. The summed E-state index contributed by atoms with van der Waals surface area (Å²) < 4.78 is 9.02. The fraction of sp³-hybridized carbons (Fsp3) is 0.667. The van der Waals surface area contributed by atoms with Gasteiger partial charge in [-0.1, -0.05) is 0 Å². The minimum atomic E-state index is -0.627. The van der Waals surface area contributed by atoms with Crippen LogP contribution in [-0.4, -0.2) is 12.8 Å². The van der Waals surface area contributed by atoms with Crippen molar-refractivity contribution >= 4 is 6.16 Å². The van der Waals surface area contributed by atoms with E-state index in [2.05, 4.69) is 9.47 Å². The van der Waals surface area contributed by atoms with Crippen LogP contribution in [0.3, 0.4) is 0 Å². The lowest BCUT2D eigenvalue weighted by atomic mass is 10.5. The maximum Gasteiger partial charge on any atom is 0.508 e. The van der Waals surface area contributed by atoms with Gasteiger partial charge in [-0.25, -0.2) is 4.79 Å². The maximum absolute atomic E-state index is 10.4. The Morgan fingerprint density at radius 3 is 2.33 bits per heavy atom. The van der Waals surface area contributed by atoms with Crippen molar-refractivity contribution < 1.29 is 14.3 Å². The highest BCUT2D eigenvalue weighted by molar-refractivity contribution is 5.60. The number of carbonyl (C=O) groups excluding carboxylic acids is 1. The van der Waals surface area contributed by atoms with Gasteiger partial charge in [-0.2, -0.15) is 0 Å². The summed E-state index contributed by atoms with van der Waals surface area (Å²) in [5.41, 5.74) is 0. The molecule has 0 heterocycles. The molecule has 0 saturated carbocycles. The number of rotatable bonds is 2. The first-order chi connectivity index (χ1) is 4.16. The van der Waals surface area contributed by atoms with Crippen LogP contribution in [0.5, 0.6) is 0 Å². The van der Waals surface area contributed by atoms with Crippen molar-refractivity contribution in [3.63, 3.8) is 0 Å². The minimum Gasteiger partial charge on any atom is -0.435 e. The van der Waals surface area contributed by atoms with Crippen LogP contribution in [0.15, 0.2) is 0 Å². The van der Waals surface area contributed by atoms with Crippen molar-refractivity contribution in [3.8, 4) is 0 Å². The molecule has 0 aromatic carbocycles. The van der Waals surface area contributed by atoms with E-state index in [4.69, 9.17) is 0 Å². The van der Waals surface area contributed by atoms with Crippen molar-refractivity contribution in [2.45, 2.75) is 20.8 Å². The summed E-state index contributed by atoms with van der Waals surface area (Å²) >= 11 is 0. The zero-order valence-electron chi connectivity index (χ0n) is 5.93. The van der Waals surface area contributed by atoms with Gasteiger partial charge >= 0.3 is 6.16 Å². The second-order valence-corrected chi connectivity index (χ2v) is 1.69. The van der Waals surface area contributed by atoms with E-state index in [-0.39, 0.29) is 0 Å². The molecule has 0 saturated heterocycles. The maximum atomic E-state index is 10.4. The Kier molecular flexibility index (Phi) is 3.84. The van der Waals surface area contributed by atoms with Crippen LogP contribution in [0.4, 0.5) is 4.79 Å². The third kappa shape index (κ3) is 5.14. The van der Waals surface area contributed by atoms with Crippen molar-refractivity contribution in [2.24, 2.45) is 0 Å². The van der Waals surface area contributed by atoms with E-state index in [0.29, 0.717) is 12.7 Å². The Labute approximate surface area is 55.0 Å². The van der Waals surface area contributed by atoms with Crippen LogP contribution in [0.25, 0.3) is 0 Å². The average molecular weight is 131 g/mol. The Morgan fingerprint density at radius 2 is 2.00 bits per heavy atom. The van der Waals surface area contributed by atoms with E-state index in [0.717, 1.165) is 0 Å². The molecule has 0 aliphatic rings. The topological polar surface area (TPSA) is 35.5 Å². The van der Waals surface area contributed by atoms with E-state index in [1.54, 1.807) is 20.8 Å². The van der Waals surface area contributed by atoms with Crippen molar-refractivity contribution in [3.05, 3.63) is 6.10 Å². The molecule has 3 nitrogen and oxygen atoms in total. The number of hydrogen-bond acceptors (Lipinski definition) is 3. The SMILES string of the molecule is CCOC(=O)O[C](C)C. The molecule has 0 unspecified atom stereocenters. The molecular weight excluding hydrogens is 120 g/mol. The summed E-state index contributed by atoms with van der Waals surface area (Å²) in [5, 5.41) is 0. The fourth-order valence-electron chi connectivity index (χ4n) is 0.314. The van der Waals surface area contributed by atoms with E-state index in [1.165, 1.54) is 0 Å². The van der Waals surface area contributed by atoms with Gasteiger partial charge in [-0.15, -0.1) is 0 Å². The van der Waals surface area contributed by atoms with Crippen molar-refractivity contribution in [1.29, 1.82) is 0 Å². The molecule has 3 heteroatoms. The summed E-state index contributed by atoms with van der Waals surface area (Å²) in [5.74, 6) is 0. The summed E-state index contributed by atoms with van der Waals surface area (Å²) in [7, 11) is 0. The van der Waals surface area contributed by atoms with Crippen molar-refractivity contribution in [2.75, 3.05) is 6.61 Å². The van der Waals surface area contributed by atoms with Gasteiger partial charge in [0.1, 0.15) is 6.10 Å². The lowest BCUT2D eigenvalue weighted by Gasteiger charge is -2.04. The molecule has 0 aliphatic heterocycles. The zero-order chi connectivity index (χ0) is 7.28. The molecule has 53 valence electrons. The van der Waals surface area contributed by atoms with Gasteiger partial charge < -0.3 is 9.47 Å². The van der Waals surface area contributed by atoms with Crippen LogP contribution in [0.1, 0.15) is 20.8 Å². The molecule has 0 spiro atoms. The van der Waals surface area contributed by atoms with Gasteiger partial charge in [-0.3, -0.25) is 0 Å². The zero-order valence-corrected chi connectivity index (χ0v) is 5.93. The Hall–Kier alpha value is -0.730. The predicted octanol–water partition coefficient (Wildman–Crippen LogP) is 1.73. The summed E-state index contributed by atoms with van der Waals surface area (Å²) in [6.45, 7) is 5.46. The molecule has 0 aromatic rings. The lowest BCUT2D eigenvalue weighted by molar-refractivity contribution is 0.0665. The summed E-state index contributed by atoms with van der Waals surface area (Å²) in [6, 6.07) is 0. The smallest absolute Gasteiger partial charge is 0.435 e. The number of ether oxygens (including phenoxy) is 2. The second kappa shape index (κ2) is 4.18. The molecule has 9 heavy (non-hydrogen) atoms. The highest BCUT2D eigenvalue weighted by Crippen LogP contribution is 1.98. The van der Waals surface area contributed by atoms with Crippen LogP contribution >= 0.6 is 0 Å². The highest BCUT2D eigenvalue weighted by atomic mass is 16.7. The van der Waals surface area contributed by atoms with Gasteiger partial charge in [0.05, 0.1) is 6.61 Å². The first-order valence-corrected chi connectivity index (χ1v) is 2.81. The van der Waals surface area contributed by atoms with E-state index >= 15 is 0 Å². The van der Waals surface area contributed by atoms with Crippen LogP contribution < -0.4 is 0 Å². The van der Waals surface area contributed by atoms with Gasteiger partial charge in [0, 0.05) is 0 Å². The normalized spacial score (nSPS) is 9.33. The molecule has 0 rings (SSSR count). The van der Waals surface area contributed by atoms with E-state index in [1.807, 2.05) is 0 Å². The summed E-state index contributed by atoms with van der Waals surface area (Å²) in [6.07, 6.45) is -0.0362. The van der Waals surface area contributed by atoms with E-state index in [9.17, 15) is 4.79 Å². The molecule has 0 atom stereocenters. The minimum absolute atomic E-state index is 0.353. The first kappa shape index (κ1) is 8.27. The summed E-state index contributed by atoms with van der Waals surface area (Å²) in [4.78, 5) is 10.4. The predicted molar refractivity (Wildman–Crippen MR) is 32.7 cm³/mol. The molecule has 0 aromatic heterocycles. The molecule has 0 aliphatic carbocycles. The van der Waals surface area contributed by atoms with E-state index < -0.39 is 6.16 Å². The Morgan fingerprint density at radius 1 is 1.44 bits per heavy atom. The van der Waals surface area contributed by atoms with Gasteiger partial charge in [0.15, 0.2) is 0 Å². The number of carbonyl (C=O) groups is 1. The Bertz CT molecular complexity index is 88.3. The largest absolute Gasteiger partial charge is 0.508 e. The molecular formula is C6H11O3. The highest BCUT2D eigenvalue weighted by Gasteiger charge is 2.04. The second-order valence-electron chi connectivity index (χ2n) is 1.69. The number of hydrogen-bond donors (Lipinski definition) is 0. The van der Waals surface area contributed by atoms with Crippen LogP contribution in [0, 0.1) is 6.10 Å². The standard InChI is InChI=1S/C6H11O3/c1-4-8-6(7)9-5(2)3/h4H2,1-3H3. The third-order valence-electron chi connectivity index (χ3n) is 0.550. The molecule has 0 amide bonds. The molecule has 0 fully saturated rings. The lowest BCUT2D eigenvalue weighted by Crippen LogP contribution is -2.07. The fourth-order valence-corrected chi connectivity index (χ4v) is 0.314. The Balaban J connectivity index is 3.27. The van der Waals surface area contributed by atoms with Gasteiger partial charge in [0.25, 0.3) is 0 Å². The van der Waals surface area contributed by atoms with Crippen LogP contribution in [0.2, 0.25) is 0 Å². The van der Waals surface area contributed by atoms with Crippen LogP contribution in [-0.2, 0) is 9.47 Å².